The number of urea groups is 1. The summed E-state index contributed by atoms with van der Waals surface area (Å²) in [5.74, 6) is 1.13. The van der Waals surface area contributed by atoms with Crippen molar-refractivity contribution in [3.05, 3.63) is 24.3 Å². The molecule has 0 aromatic heterocycles. The van der Waals surface area contributed by atoms with Gasteiger partial charge in [-0.1, -0.05) is 12.1 Å². The van der Waals surface area contributed by atoms with Gasteiger partial charge in [0.1, 0.15) is 13.2 Å². The number of nitrogens with one attached hydrogen (secondary N) is 1. The molecule has 1 heterocycles. The van der Waals surface area contributed by atoms with Crippen molar-refractivity contribution in [1.82, 2.24) is 9.62 Å². The van der Waals surface area contributed by atoms with Crippen LogP contribution in [0.25, 0.3) is 0 Å². The number of alkyl carbamates (subject to hydrolysis) is 1. The Hall–Kier alpha value is -2.49. The number of carbonyl (C=O) groups excluding carboxylic acids is 2. The van der Waals surface area contributed by atoms with Crippen LogP contribution in [0.5, 0.6) is 11.5 Å². The van der Waals surface area contributed by atoms with Crippen LogP contribution in [0.1, 0.15) is 13.8 Å². The lowest BCUT2D eigenvalue weighted by atomic mass is 10.3. The van der Waals surface area contributed by atoms with E-state index in [9.17, 15) is 18.0 Å². The van der Waals surface area contributed by atoms with E-state index in [1.54, 1.807) is 24.3 Å². The van der Waals surface area contributed by atoms with E-state index in [0.717, 1.165) is 6.26 Å². The van der Waals surface area contributed by atoms with Gasteiger partial charge < -0.3 is 14.2 Å². The van der Waals surface area contributed by atoms with E-state index < -0.39 is 34.3 Å². The molecule has 3 amide bonds. The van der Waals surface area contributed by atoms with Crippen LogP contribution in [0.4, 0.5) is 9.59 Å². The molecular weight excluding hydrogens is 352 g/mol. The van der Waals surface area contributed by atoms with Crippen LogP contribution in [0, 0.1) is 0 Å². The Bertz CT molecular complexity index is 748. The number of sulfonamides is 1. The second kappa shape index (κ2) is 7.60. The first-order chi connectivity index (χ1) is 11.7. The highest BCUT2D eigenvalue weighted by molar-refractivity contribution is 7.88. The number of benzene rings is 1. The molecule has 0 bridgehead atoms. The molecule has 0 unspecified atom stereocenters. The largest absolute Gasteiger partial charge is 0.486 e. The molecule has 0 fully saturated rings. The molecule has 0 spiro atoms. The molecule has 1 aliphatic rings. The van der Waals surface area contributed by atoms with Gasteiger partial charge in [0.2, 0.25) is 10.0 Å². The lowest BCUT2D eigenvalue weighted by molar-refractivity contribution is 0.0340. The summed E-state index contributed by atoms with van der Waals surface area (Å²) >= 11 is 0. The van der Waals surface area contributed by atoms with E-state index in [0.29, 0.717) is 15.8 Å². The van der Waals surface area contributed by atoms with Crippen molar-refractivity contribution < 1.29 is 32.2 Å². The zero-order valence-corrected chi connectivity index (χ0v) is 14.9. The summed E-state index contributed by atoms with van der Waals surface area (Å²) < 4.78 is 39.7. The van der Waals surface area contributed by atoms with Gasteiger partial charge >= 0.3 is 12.1 Å². The number of fused-ring (bicyclic) bond motifs is 1. The number of hydrogen-bond donors (Lipinski definition) is 1. The highest BCUT2D eigenvalue weighted by atomic mass is 32.2. The highest BCUT2D eigenvalue weighted by Gasteiger charge is 2.28. The predicted octanol–water partition coefficient (Wildman–Crippen LogP) is 1.34. The van der Waals surface area contributed by atoms with Crippen LogP contribution in [-0.4, -0.2) is 56.5 Å². The lowest BCUT2D eigenvalue weighted by Gasteiger charge is -2.26. The fourth-order valence-electron chi connectivity index (χ4n) is 2.26. The molecule has 0 saturated heterocycles. The third-order valence-electron chi connectivity index (χ3n) is 3.20. The van der Waals surface area contributed by atoms with Crippen LogP contribution in [0.15, 0.2) is 24.3 Å². The molecule has 1 aromatic rings. The van der Waals surface area contributed by atoms with Gasteiger partial charge in [0.25, 0.3) is 0 Å². The van der Waals surface area contributed by atoms with Gasteiger partial charge in [0.15, 0.2) is 17.6 Å². The predicted molar refractivity (Wildman–Crippen MR) is 88.1 cm³/mol. The third-order valence-corrected chi connectivity index (χ3v) is 4.51. The number of carbonyl (C=O) groups is 2. The first kappa shape index (κ1) is 18.8. The summed E-state index contributed by atoms with van der Waals surface area (Å²) in [4.78, 5) is 23.7. The highest BCUT2D eigenvalue weighted by Crippen LogP contribution is 2.30. The van der Waals surface area contributed by atoms with Gasteiger partial charge in [-0.3, -0.25) is 0 Å². The Balaban J connectivity index is 1.86. The second-order valence-corrected chi connectivity index (χ2v) is 7.54. The molecule has 10 heteroatoms. The first-order valence-corrected chi connectivity index (χ1v) is 9.39. The molecule has 1 aliphatic heterocycles. The molecule has 1 N–H and O–H groups in total. The lowest BCUT2D eigenvalue weighted by Crippen LogP contribution is -2.49. The van der Waals surface area contributed by atoms with Gasteiger partial charge in [-0.2, -0.15) is 0 Å². The standard InChI is InChI=1S/C15H20N2O7S/c1-10(2)17(25(3,20)21)14(18)16-15(19)23-9-11-8-22-12-6-4-5-7-13(12)24-11/h4-7,10-11H,8-9H2,1-3H3,(H,16,18,19)/t11-/m0/s1. The summed E-state index contributed by atoms with van der Waals surface area (Å²) in [6.07, 6.45) is -0.726. The zero-order chi connectivity index (χ0) is 18.6. The molecule has 0 aliphatic carbocycles. The van der Waals surface area contributed by atoms with Crippen molar-refractivity contribution >= 4 is 22.1 Å². The smallest absolute Gasteiger partial charge is 0.415 e. The minimum Gasteiger partial charge on any atom is -0.486 e. The van der Waals surface area contributed by atoms with Crippen molar-refractivity contribution in [2.24, 2.45) is 0 Å². The van der Waals surface area contributed by atoms with Gasteiger partial charge in [-0.05, 0) is 26.0 Å². The number of hydrogen-bond acceptors (Lipinski definition) is 7. The average Bonchev–Trinajstić information content (AvgIpc) is 2.50. The molecule has 0 radical (unpaired) electrons. The molecule has 25 heavy (non-hydrogen) atoms. The third kappa shape index (κ3) is 4.99. The number of para-hydroxylation sites is 2. The van der Waals surface area contributed by atoms with E-state index >= 15 is 0 Å². The minimum atomic E-state index is -3.81. The number of ether oxygens (including phenoxy) is 3. The Morgan fingerprint density at radius 2 is 1.96 bits per heavy atom. The van der Waals surface area contributed by atoms with Crippen molar-refractivity contribution in [3.63, 3.8) is 0 Å². The summed E-state index contributed by atoms with van der Waals surface area (Å²) in [6, 6.07) is 5.34. The van der Waals surface area contributed by atoms with E-state index in [2.05, 4.69) is 0 Å². The van der Waals surface area contributed by atoms with Crippen molar-refractivity contribution in [2.75, 3.05) is 19.5 Å². The summed E-state index contributed by atoms with van der Waals surface area (Å²) in [7, 11) is -3.81. The fourth-order valence-corrected chi connectivity index (χ4v) is 3.37. The summed E-state index contributed by atoms with van der Waals surface area (Å²) in [5.41, 5.74) is 0. The second-order valence-electron chi connectivity index (χ2n) is 5.68. The number of imide groups is 1. The van der Waals surface area contributed by atoms with Crippen LogP contribution in [0.2, 0.25) is 0 Å². The molecule has 1 aromatic carbocycles. The van der Waals surface area contributed by atoms with E-state index in [1.807, 2.05) is 5.32 Å². The fraction of sp³-hybridized carbons (Fsp3) is 0.467. The number of nitrogens with zero attached hydrogens (tertiary/aromatic N) is 1. The maximum absolute atomic E-state index is 11.9. The van der Waals surface area contributed by atoms with Gasteiger partial charge in [0, 0.05) is 6.04 Å². The maximum atomic E-state index is 11.9. The van der Waals surface area contributed by atoms with Crippen LogP contribution in [0.3, 0.4) is 0 Å². The Labute approximate surface area is 145 Å². The maximum Gasteiger partial charge on any atom is 0.415 e. The van der Waals surface area contributed by atoms with Gasteiger partial charge in [0.05, 0.1) is 6.26 Å². The minimum absolute atomic E-state index is 0.159. The van der Waals surface area contributed by atoms with Crippen molar-refractivity contribution in [3.8, 4) is 11.5 Å². The van der Waals surface area contributed by atoms with E-state index in [4.69, 9.17) is 14.2 Å². The van der Waals surface area contributed by atoms with Crippen LogP contribution in [-0.2, 0) is 14.8 Å². The van der Waals surface area contributed by atoms with Crippen LogP contribution < -0.4 is 14.8 Å². The summed E-state index contributed by atoms with van der Waals surface area (Å²) in [6.45, 7) is 3.04. The Morgan fingerprint density at radius 3 is 2.56 bits per heavy atom. The van der Waals surface area contributed by atoms with E-state index in [-0.39, 0.29) is 13.2 Å². The first-order valence-electron chi connectivity index (χ1n) is 7.54. The van der Waals surface area contributed by atoms with Crippen LogP contribution >= 0.6 is 0 Å². The van der Waals surface area contributed by atoms with Gasteiger partial charge in [-0.25, -0.2) is 27.6 Å². The molecule has 2 rings (SSSR count). The number of rotatable bonds is 4. The molecule has 0 saturated carbocycles. The van der Waals surface area contributed by atoms with Gasteiger partial charge in [-0.15, -0.1) is 0 Å². The normalized spacial score (nSPS) is 16.2. The topological polar surface area (TPSA) is 111 Å². The SMILES string of the molecule is CC(C)N(C(=O)NC(=O)OC[C@@H]1COc2ccccc2O1)S(C)(=O)=O. The van der Waals surface area contributed by atoms with Crippen molar-refractivity contribution in [1.29, 1.82) is 0 Å². The molecule has 1 atom stereocenters. The van der Waals surface area contributed by atoms with Crippen molar-refractivity contribution in [2.45, 2.75) is 26.0 Å². The summed E-state index contributed by atoms with van der Waals surface area (Å²) in [5, 5.41) is 1.88. The average molecular weight is 372 g/mol. The quantitative estimate of drug-likeness (QED) is 0.849. The molecule has 9 nitrogen and oxygen atoms in total. The zero-order valence-electron chi connectivity index (χ0n) is 14.1. The Kier molecular flexibility index (Phi) is 5.73. The van der Waals surface area contributed by atoms with E-state index in [1.165, 1.54) is 13.8 Å². The molecule has 138 valence electrons. The Morgan fingerprint density at radius 1 is 1.32 bits per heavy atom. The number of amides is 3. The molecular formula is C15H20N2O7S. The monoisotopic (exact) mass is 372 g/mol.